The van der Waals surface area contributed by atoms with Gasteiger partial charge in [-0.15, -0.1) is 0 Å². The van der Waals surface area contributed by atoms with Crippen molar-refractivity contribution in [2.75, 3.05) is 0 Å². The molecule has 1 rings (SSSR count). The van der Waals surface area contributed by atoms with Crippen molar-refractivity contribution in [2.24, 2.45) is 0 Å². The predicted molar refractivity (Wildman–Crippen MR) is 51.5 cm³/mol. The van der Waals surface area contributed by atoms with Gasteiger partial charge in [-0.3, -0.25) is 4.79 Å². The lowest BCUT2D eigenvalue weighted by atomic mass is 10.3. The Hall–Kier alpha value is -0.970. The summed E-state index contributed by atoms with van der Waals surface area (Å²) < 4.78 is 4.84. The molecule has 13 heavy (non-hydrogen) atoms. The summed E-state index contributed by atoms with van der Waals surface area (Å²) in [5.41, 5.74) is 0.722. The summed E-state index contributed by atoms with van der Waals surface area (Å²) in [6, 6.07) is 1.78. The van der Waals surface area contributed by atoms with Gasteiger partial charge in [0, 0.05) is 6.07 Å². The normalized spacial score (nSPS) is 12.5. The maximum Gasteiger partial charge on any atom is 0.232 e. The van der Waals surface area contributed by atoms with Crippen LogP contribution in [0, 0.1) is 6.92 Å². The minimum absolute atomic E-state index is 0.107. The van der Waals surface area contributed by atoms with E-state index < -0.39 is 0 Å². The molecular weight excluding hydrogens is 188 g/mol. The van der Waals surface area contributed by atoms with Crippen LogP contribution in [0.25, 0.3) is 0 Å². The molecule has 0 saturated heterocycles. The molecule has 5 heteroatoms. The third-order valence-corrected chi connectivity index (χ3v) is 1.73. The van der Waals surface area contributed by atoms with E-state index in [2.05, 4.69) is 23.1 Å². The minimum Gasteiger partial charge on any atom is -0.361 e. The van der Waals surface area contributed by atoms with E-state index in [0.29, 0.717) is 6.54 Å². The number of amides is 1. The standard InChI is InChI=1S/C8H12N2O2S/c1-5-3-7(10-12-5)4-9-8(11)6(2)13/h3,6,13H,4H2,1-2H3,(H,9,11). The Balaban J connectivity index is 2.39. The summed E-state index contributed by atoms with van der Waals surface area (Å²) >= 11 is 3.99. The Morgan fingerprint density at radius 3 is 3.00 bits per heavy atom. The lowest BCUT2D eigenvalue weighted by Gasteiger charge is -2.03. The molecule has 1 unspecified atom stereocenters. The Morgan fingerprint density at radius 2 is 2.54 bits per heavy atom. The van der Waals surface area contributed by atoms with Crippen molar-refractivity contribution in [1.29, 1.82) is 0 Å². The van der Waals surface area contributed by atoms with Crippen LogP contribution in [-0.4, -0.2) is 16.3 Å². The van der Waals surface area contributed by atoms with Crippen molar-refractivity contribution in [2.45, 2.75) is 25.6 Å². The number of hydrogen-bond acceptors (Lipinski definition) is 4. The molecule has 4 nitrogen and oxygen atoms in total. The SMILES string of the molecule is Cc1cc(CNC(=O)C(C)S)no1. The summed E-state index contributed by atoms with van der Waals surface area (Å²) in [6.45, 7) is 3.91. The Bertz CT molecular complexity index is 296. The van der Waals surface area contributed by atoms with Gasteiger partial charge in [-0.05, 0) is 13.8 Å². The highest BCUT2D eigenvalue weighted by Gasteiger charge is 2.07. The summed E-state index contributed by atoms with van der Waals surface area (Å²) in [7, 11) is 0. The molecule has 0 spiro atoms. The molecule has 72 valence electrons. The molecule has 1 heterocycles. The second kappa shape index (κ2) is 4.32. The number of aryl methyl sites for hydroxylation is 1. The van der Waals surface area contributed by atoms with Gasteiger partial charge < -0.3 is 9.84 Å². The quantitative estimate of drug-likeness (QED) is 0.713. The molecule has 0 bridgehead atoms. The topological polar surface area (TPSA) is 55.1 Å². The van der Waals surface area contributed by atoms with E-state index in [1.54, 1.807) is 19.9 Å². The summed E-state index contributed by atoms with van der Waals surface area (Å²) in [5.74, 6) is 0.632. The Morgan fingerprint density at radius 1 is 1.85 bits per heavy atom. The highest BCUT2D eigenvalue weighted by Crippen LogP contribution is 2.01. The monoisotopic (exact) mass is 200 g/mol. The van der Waals surface area contributed by atoms with E-state index in [4.69, 9.17) is 4.52 Å². The summed E-state index contributed by atoms with van der Waals surface area (Å²) in [6.07, 6.45) is 0. The van der Waals surface area contributed by atoms with E-state index in [0.717, 1.165) is 11.5 Å². The van der Waals surface area contributed by atoms with Crippen LogP contribution >= 0.6 is 12.6 Å². The van der Waals surface area contributed by atoms with Gasteiger partial charge in [0.2, 0.25) is 5.91 Å². The first-order valence-electron chi connectivity index (χ1n) is 3.97. The Kier molecular flexibility index (Phi) is 3.36. The van der Waals surface area contributed by atoms with E-state index in [1.165, 1.54) is 0 Å². The van der Waals surface area contributed by atoms with Crippen LogP contribution in [0.1, 0.15) is 18.4 Å². The number of thiol groups is 1. The zero-order valence-corrected chi connectivity index (χ0v) is 8.47. The molecular formula is C8H12N2O2S. The number of nitrogens with zero attached hydrogens (tertiary/aromatic N) is 1. The van der Waals surface area contributed by atoms with Gasteiger partial charge in [0.1, 0.15) is 11.5 Å². The first-order valence-corrected chi connectivity index (χ1v) is 4.49. The van der Waals surface area contributed by atoms with Gasteiger partial charge >= 0.3 is 0 Å². The lowest BCUT2D eigenvalue weighted by Crippen LogP contribution is -2.29. The van der Waals surface area contributed by atoms with Crippen LogP contribution in [0.3, 0.4) is 0 Å². The number of hydrogen-bond donors (Lipinski definition) is 2. The highest BCUT2D eigenvalue weighted by atomic mass is 32.1. The fraction of sp³-hybridized carbons (Fsp3) is 0.500. The van der Waals surface area contributed by atoms with Crippen LogP contribution in [0.4, 0.5) is 0 Å². The predicted octanol–water partition coefficient (Wildman–Crippen LogP) is 0.918. The van der Waals surface area contributed by atoms with Crippen LogP contribution in [-0.2, 0) is 11.3 Å². The largest absolute Gasteiger partial charge is 0.361 e. The fourth-order valence-electron chi connectivity index (χ4n) is 0.827. The molecule has 0 aromatic carbocycles. The van der Waals surface area contributed by atoms with Gasteiger partial charge in [-0.1, -0.05) is 5.16 Å². The smallest absolute Gasteiger partial charge is 0.232 e. The van der Waals surface area contributed by atoms with Gasteiger partial charge in [0.05, 0.1) is 11.8 Å². The number of carbonyl (C=O) groups is 1. The summed E-state index contributed by atoms with van der Waals surface area (Å²) in [4.78, 5) is 11.1. The summed E-state index contributed by atoms with van der Waals surface area (Å²) in [5, 5.41) is 6.11. The molecule has 0 radical (unpaired) electrons. The van der Waals surface area contributed by atoms with Crippen molar-refractivity contribution in [3.8, 4) is 0 Å². The molecule has 1 aromatic heterocycles. The molecule has 0 aliphatic heterocycles. The molecule has 0 aliphatic carbocycles. The van der Waals surface area contributed by atoms with Gasteiger partial charge in [-0.25, -0.2) is 0 Å². The molecule has 0 fully saturated rings. The number of nitrogens with one attached hydrogen (secondary N) is 1. The van der Waals surface area contributed by atoms with Crippen LogP contribution in [0.5, 0.6) is 0 Å². The van der Waals surface area contributed by atoms with E-state index in [9.17, 15) is 4.79 Å². The Labute approximate surface area is 82.1 Å². The van der Waals surface area contributed by atoms with Gasteiger partial charge in [0.25, 0.3) is 0 Å². The van der Waals surface area contributed by atoms with Crippen LogP contribution in [0.2, 0.25) is 0 Å². The molecule has 1 aromatic rings. The maximum absolute atomic E-state index is 11.1. The lowest BCUT2D eigenvalue weighted by molar-refractivity contribution is -0.120. The average molecular weight is 200 g/mol. The van der Waals surface area contributed by atoms with Crippen LogP contribution < -0.4 is 5.32 Å². The molecule has 1 N–H and O–H groups in total. The first-order chi connectivity index (χ1) is 6.09. The van der Waals surface area contributed by atoms with Crippen molar-refractivity contribution in [3.05, 3.63) is 17.5 Å². The first kappa shape index (κ1) is 10.1. The number of rotatable bonds is 3. The molecule has 1 amide bonds. The third kappa shape index (κ3) is 3.10. The van der Waals surface area contributed by atoms with Crippen molar-refractivity contribution in [3.63, 3.8) is 0 Å². The number of aromatic nitrogens is 1. The zero-order chi connectivity index (χ0) is 9.84. The van der Waals surface area contributed by atoms with E-state index in [-0.39, 0.29) is 11.2 Å². The molecule has 0 saturated carbocycles. The fourth-order valence-corrected chi connectivity index (χ4v) is 0.918. The second-order valence-electron chi connectivity index (χ2n) is 2.82. The molecule has 0 aliphatic rings. The van der Waals surface area contributed by atoms with E-state index >= 15 is 0 Å². The molecule has 1 atom stereocenters. The second-order valence-corrected chi connectivity index (χ2v) is 3.60. The van der Waals surface area contributed by atoms with Crippen molar-refractivity contribution >= 4 is 18.5 Å². The third-order valence-electron chi connectivity index (χ3n) is 1.50. The minimum atomic E-state index is -0.298. The van der Waals surface area contributed by atoms with E-state index in [1.807, 2.05) is 0 Å². The van der Waals surface area contributed by atoms with Gasteiger partial charge in [-0.2, -0.15) is 12.6 Å². The van der Waals surface area contributed by atoms with Crippen molar-refractivity contribution < 1.29 is 9.32 Å². The maximum atomic E-state index is 11.1. The highest BCUT2D eigenvalue weighted by molar-refractivity contribution is 7.81. The van der Waals surface area contributed by atoms with Crippen molar-refractivity contribution in [1.82, 2.24) is 10.5 Å². The zero-order valence-electron chi connectivity index (χ0n) is 7.57. The average Bonchev–Trinajstić information content (AvgIpc) is 2.47. The number of carbonyl (C=O) groups excluding carboxylic acids is 1. The van der Waals surface area contributed by atoms with Crippen LogP contribution in [0.15, 0.2) is 10.6 Å². The van der Waals surface area contributed by atoms with Gasteiger partial charge in [0.15, 0.2) is 0 Å².